The summed E-state index contributed by atoms with van der Waals surface area (Å²) in [6.45, 7) is 7.33. The Kier molecular flexibility index (Phi) is 4.15. The Morgan fingerprint density at radius 2 is 2.27 bits per heavy atom. The van der Waals surface area contributed by atoms with Crippen LogP contribution in [0.5, 0.6) is 0 Å². The van der Waals surface area contributed by atoms with Crippen LogP contribution in [-0.2, 0) is 6.54 Å². The molecule has 1 aromatic heterocycles. The Labute approximate surface area is 94.3 Å². The van der Waals surface area contributed by atoms with Crippen LogP contribution < -0.4 is 10.9 Å². The van der Waals surface area contributed by atoms with Crippen molar-refractivity contribution in [1.82, 2.24) is 9.78 Å². The van der Waals surface area contributed by atoms with Crippen LogP contribution in [0.2, 0.25) is 5.02 Å². The molecule has 5 heteroatoms. The van der Waals surface area contributed by atoms with Gasteiger partial charge in [-0.15, -0.1) is 0 Å². The van der Waals surface area contributed by atoms with Crippen LogP contribution >= 0.6 is 11.6 Å². The summed E-state index contributed by atoms with van der Waals surface area (Å²) in [5, 5.41) is 7.30. The van der Waals surface area contributed by atoms with E-state index < -0.39 is 0 Å². The molecule has 1 rings (SSSR count). The van der Waals surface area contributed by atoms with E-state index in [0.29, 0.717) is 18.2 Å². The molecule has 84 valence electrons. The number of nitrogens with zero attached hydrogens (tertiary/aromatic N) is 2. The van der Waals surface area contributed by atoms with E-state index in [2.05, 4.69) is 24.3 Å². The maximum Gasteiger partial charge on any atom is 0.287 e. The third-order valence-corrected chi connectivity index (χ3v) is 2.35. The van der Waals surface area contributed by atoms with Crippen LogP contribution in [0.1, 0.15) is 20.8 Å². The summed E-state index contributed by atoms with van der Waals surface area (Å²) in [5.74, 6) is 0.495. The van der Waals surface area contributed by atoms with E-state index in [-0.39, 0.29) is 10.6 Å². The van der Waals surface area contributed by atoms with E-state index in [4.69, 9.17) is 11.6 Å². The summed E-state index contributed by atoms with van der Waals surface area (Å²) in [4.78, 5) is 11.6. The molecule has 0 fully saturated rings. The van der Waals surface area contributed by atoms with Gasteiger partial charge in [0.25, 0.3) is 5.56 Å². The summed E-state index contributed by atoms with van der Waals surface area (Å²) in [6, 6.07) is 0. The summed E-state index contributed by atoms with van der Waals surface area (Å²) >= 11 is 5.92. The quantitative estimate of drug-likeness (QED) is 0.859. The van der Waals surface area contributed by atoms with Gasteiger partial charge in [-0.25, -0.2) is 4.68 Å². The van der Waals surface area contributed by atoms with Crippen molar-refractivity contribution in [2.75, 3.05) is 11.9 Å². The first-order valence-corrected chi connectivity index (χ1v) is 5.43. The molecule has 1 N–H and O–H groups in total. The molecule has 0 radical (unpaired) electrons. The summed E-state index contributed by atoms with van der Waals surface area (Å²) in [6.07, 6.45) is 1.59. The molecule has 0 bridgehead atoms. The van der Waals surface area contributed by atoms with Crippen LogP contribution in [0.3, 0.4) is 0 Å². The lowest BCUT2D eigenvalue weighted by atomic mass is 10.2. The topological polar surface area (TPSA) is 46.9 Å². The molecule has 0 saturated heterocycles. The van der Waals surface area contributed by atoms with Crippen LogP contribution in [-0.4, -0.2) is 16.3 Å². The Balaban J connectivity index is 2.92. The fraction of sp³-hybridized carbons (Fsp3) is 0.600. The third kappa shape index (κ3) is 2.96. The van der Waals surface area contributed by atoms with E-state index in [1.807, 2.05) is 6.92 Å². The molecule has 1 aromatic rings. The molecular weight excluding hydrogens is 214 g/mol. The highest BCUT2D eigenvalue weighted by atomic mass is 35.5. The smallest absolute Gasteiger partial charge is 0.287 e. The second-order valence-corrected chi connectivity index (χ2v) is 4.15. The predicted molar refractivity (Wildman–Crippen MR) is 62.5 cm³/mol. The number of rotatable bonds is 4. The molecule has 0 amide bonds. The molecule has 0 aliphatic heterocycles. The predicted octanol–water partition coefficient (Wildman–Crippen LogP) is 1.98. The number of aryl methyl sites for hydroxylation is 1. The van der Waals surface area contributed by atoms with Crippen molar-refractivity contribution in [3.8, 4) is 0 Å². The van der Waals surface area contributed by atoms with Crippen molar-refractivity contribution in [2.45, 2.75) is 27.3 Å². The molecule has 0 spiro atoms. The first-order chi connectivity index (χ1) is 7.06. The largest absolute Gasteiger partial charge is 0.382 e. The molecule has 1 heterocycles. The zero-order valence-electron chi connectivity index (χ0n) is 9.25. The third-order valence-electron chi connectivity index (χ3n) is 1.99. The number of hydrogen-bond acceptors (Lipinski definition) is 3. The van der Waals surface area contributed by atoms with Gasteiger partial charge in [-0.05, 0) is 12.8 Å². The number of halogens is 1. The zero-order valence-corrected chi connectivity index (χ0v) is 10.0. The minimum atomic E-state index is -0.243. The van der Waals surface area contributed by atoms with Crippen molar-refractivity contribution in [3.63, 3.8) is 0 Å². The number of anilines is 1. The van der Waals surface area contributed by atoms with Gasteiger partial charge >= 0.3 is 0 Å². The van der Waals surface area contributed by atoms with Gasteiger partial charge in [0.15, 0.2) is 0 Å². The summed E-state index contributed by atoms with van der Waals surface area (Å²) < 4.78 is 1.34. The first-order valence-electron chi connectivity index (χ1n) is 5.05. The molecule has 0 atom stereocenters. The standard InChI is InChI=1S/C10H16ClN3O/c1-4-14-10(15)9(11)8(6-13-14)12-5-7(2)3/h6-7,12H,4-5H2,1-3H3. The number of hydrogen-bond donors (Lipinski definition) is 1. The maximum atomic E-state index is 11.6. The summed E-state index contributed by atoms with van der Waals surface area (Å²) in [5.41, 5.74) is 0.369. The van der Waals surface area contributed by atoms with Crippen molar-refractivity contribution in [3.05, 3.63) is 21.6 Å². The Bertz CT molecular complexity index is 387. The van der Waals surface area contributed by atoms with Crippen LogP contribution in [0.4, 0.5) is 5.69 Å². The minimum absolute atomic E-state index is 0.215. The van der Waals surface area contributed by atoms with Gasteiger partial charge < -0.3 is 5.32 Å². The van der Waals surface area contributed by atoms with E-state index in [1.165, 1.54) is 4.68 Å². The molecular formula is C10H16ClN3O. The second kappa shape index (κ2) is 5.16. The van der Waals surface area contributed by atoms with Crippen LogP contribution in [0, 0.1) is 5.92 Å². The van der Waals surface area contributed by atoms with E-state index in [9.17, 15) is 4.79 Å². The van der Waals surface area contributed by atoms with Gasteiger partial charge in [0.1, 0.15) is 5.02 Å². The highest BCUT2D eigenvalue weighted by molar-refractivity contribution is 6.32. The van der Waals surface area contributed by atoms with Crippen molar-refractivity contribution in [1.29, 1.82) is 0 Å². The van der Waals surface area contributed by atoms with E-state index in [1.54, 1.807) is 6.20 Å². The van der Waals surface area contributed by atoms with Gasteiger partial charge in [-0.2, -0.15) is 5.10 Å². The summed E-state index contributed by atoms with van der Waals surface area (Å²) in [7, 11) is 0. The van der Waals surface area contributed by atoms with Gasteiger partial charge in [0.05, 0.1) is 11.9 Å². The molecule has 4 nitrogen and oxygen atoms in total. The zero-order chi connectivity index (χ0) is 11.4. The SMILES string of the molecule is CCn1ncc(NCC(C)C)c(Cl)c1=O. The normalized spacial score (nSPS) is 10.7. The average Bonchev–Trinajstić information content (AvgIpc) is 2.20. The van der Waals surface area contributed by atoms with Gasteiger partial charge in [-0.3, -0.25) is 4.79 Å². The molecule has 0 saturated carbocycles. The first kappa shape index (κ1) is 12.0. The van der Waals surface area contributed by atoms with Crippen LogP contribution in [0.25, 0.3) is 0 Å². The lowest BCUT2D eigenvalue weighted by Gasteiger charge is -2.10. The highest BCUT2D eigenvalue weighted by Crippen LogP contribution is 2.15. The van der Waals surface area contributed by atoms with Gasteiger partial charge in [-0.1, -0.05) is 25.4 Å². The highest BCUT2D eigenvalue weighted by Gasteiger charge is 2.07. The van der Waals surface area contributed by atoms with Crippen molar-refractivity contribution in [2.24, 2.45) is 5.92 Å². The minimum Gasteiger partial charge on any atom is -0.382 e. The Hall–Kier alpha value is -1.03. The molecule has 15 heavy (non-hydrogen) atoms. The van der Waals surface area contributed by atoms with Gasteiger partial charge in [0, 0.05) is 13.1 Å². The monoisotopic (exact) mass is 229 g/mol. The lowest BCUT2D eigenvalue weighted by Crippen LogP contribution is -2.24. The molecule has 0 aliphatic carbocycles. The fourth-order valence-electron chi connectivity index (χ4n) is 1.13. The molecule has 0 aromatic carbocycles. The van der Waals surface area contributed by atoms with Crippen molar-refractivity contribution < 1.29 is 0 Å². The Morgan fingerprint density at radius 1 is 1.60 bits per heavy atom. The van der Waals surface area contributed by atoms with E-state index >= 15 is 0 Å². The lowest BCUT2D eigenvalue weighted by molar-refractivity contribution is 0.615. The van der Waals surface area contributed by atoms with Crippen molar-refractivity contribution >= 4 is 17.3 Å². The molecule has 0 aliphatic rings. The van der Waals surface area contributed by atoms with Gasteiger partial charge in [0.2, 0.25) is 0 Å². The van der Waals surface area contributed by atoms with E-state index in [0.717, 1.165) is 6.54 Å². The molecule has 0 unspecified atom stereocenters. The second-order valence-electron chi connectivity index (χ2n) is 3.77. The maximum absolute atomic E-state index is 11.6. The Morgan fingerprint density at radius 3 is 2.80 bits per heavy atom. The number of nitrogens with one attached hydrogen (secondary N) is 1. The van der Waals surface area contributed by atoms with Crippen LogP contribution in [0.15, 0.2) is 11.0 Å². The average molecular weight is 230 g/mol. The fourth-order valence-corrected chi connectivity index (χ4v) is 1.34. The number of aromatic nitrogens is 2.